The van der Waals surface area contributed by atoms with Crippen LogP contribution in [0.4, 0.5) is 0 Å². The smallest absolute Gasteiger partial charge is 0.0198 e. The highest BCUT2D eigenvalue weighted by Gasteiger charge is 2.12. The molecule has 0 nitrogen and oxygen atoms in total. The molecule has 0 aromatic heterocycles. The summed E-state index contributed by atoms with van der Waals surface area (Å²) in [6.07, 6.45) is 9.09. The van der Waals surface area contributed by atoms with Crippen LogP contribution in [0.15, 0.2) is 0 Å². The molecule has 0 amide bonds. The predicted molar refractivity (Wildman–Crippen MR) is 55.0 cm³/mol. The molecule has 1 saturated heterocycles. The van der Waals surface area contributed by atoms with Gasteiger partial charge in [0.15, 0.2) is 0 Å². The molecule has 66 valence electrons. The maximum Gasteiger partial charge on any atom is 0.0198 e. The standard InChI is InChI=1S/C10H22Si/c1-2-3-4-5-10-6-8-11-9-7-10/h10H,2-9,11H2,1H3. The van der Waals surface area contributed by atoms with Gasteiger partial charge in [-0.2, -0.15) is 0 Å². The van der Waals surface area contributed by atoms with Gasteiger partial charge in [0, 0.05) is 9.52 Å². The molecular formula is C10H22Si. The summed E-state index contributed by atoms with van der Waals surface area (Å²) >= 11 is 0. The number of unbranched alkanes of at least 4 members (excludes halogenated alkanes) is 2. The highest BCUT2D eigenvalue weighted by Crippen LogP contribution is 2.25. The third kappa shape index (κ3) is 3.95. The van der Waals surface area contributed by atoms with Crippen molar-refractivity contribution in [3.63, 3.8) is 0 Å². The zero-order valence-corrected chi connectivity index (χ0v) is 9.36. The van der Waals surface area contributed by atoms with Crippen LogP contribution >= 0.6 is 0 Å². The maximum absolute atomic E-state index is 2.30. The first-order chi connectivity index (χ1) is 5.43. The minimum Gasteiger partial charge on any atom is -0.0654 e. The number of hydrogen-bond donors (Lipinski definition) is 0. The Kier molecular flexibility index (Phi) is 4.92. The topological polar surface area (TPSA) is 0 Å². The molecule has 0 aromatic carbocycles. The van der Waals surface area contributed by atoms with E-state index in [1.165, 1.54) is 19.3 Å². The lowest BCUT2D eigenvalue weighted by atomic mass is 9.96. The Morgan fingerprint density at radius 2 is 1.91 bits per heavy atom. The lowest BCUT2D eigenvalue weighted by Gasteiger charge is -2.20. The van der Waals surface area contributed by atoms with Gasteiger partial charge in [0.1, 0.15) is 0 Å². The van der Waals surface area contributed by atoms with Gasteiger partial charge in [0.25, 0.3) is 0 Å². The molecule has 0 unspecified atom stereocenters. The van der Waals surface area contributed by atoms with Gasteiger partial charge >= 0.3 is 0 Å². The summed E-state index contributed by atoms with van der Waals surface area (Å²) in [4.78, 5) is 0. The van der Waals surface area contributed by atoms with Crippen molar-refractivity contribution in [1.29, 1.82) is 0 Å². The Labute approximate surface area is 73.6 Å². The Morgan fingerprint density at radius 1 is 1.18 bits per heavy atom. The van der Waals surface area contributed by atoms with Crippen LogP contribution in [-0.4, -0.2) is 9.52 Å². The Hall–Kier alpha value is 0.217. The van der Waals surface area contributed by atoms with Crippen LogP contribution in [-0.2, 0) is 0 Å². The SMILES string of the molecule is CCCCCC1CC[SiH2]CC1. The molecule has 1 aliphatic heterocycles. The van der Waals surface area contributed by atoms with Gasteiger partial charge in [-0.15, -0.1) is 0 Å². The first kappa shape index (κ1) is 9.31. The van der Waals surface area contributed by atoms with Gasteiger partial charge in [-0.25, -0.2) is 0 Å². The van der Waals surface area contributed by atoms with Crippen LogP contribution in [0, 0.1) is 5.92 Å². The quantitative estimate of drug-likeness (QED) is 0.449. The van der Waals surface area contributed by atoms with Crippen molar-refractivity contribution in [2.45, 2.75) is 57.5 Å². The van der Waals surface area contributed by atoms with Crippen LogP contribution in [0.5, 0.6) is 0 Å². The van der Waals surface area contributed by atoms with Gasteiger partial charge in [0.05, 0.1) is 0 Å². The minimum absolute atomic E-state index is 0.448. The maximum atomic E-state index is 2.30. The molecule has 11 heavy (non-hydrogen) atoms. The molecule has 0 aliphatic carbocycles. The normalized spacial score (nSPS) is 27.5. The first-order valence-electron chi connectivity index (χ1n) is 5.43. The zero-order valence-electron chi connectivity index (χ0n) is 7.94. The van der Waals surface area contributed by atoms with E-state index in [2.05, 4.69) is 6.92 Å². The van der Waals surface area contributed by atoms with Crippen LogP contribution in [0.25, 0.3) is 0 Å². The highest BCUT2D eigenvalue weighted by molar-refractivity contribution is 6.35. The van der Waals surface area contributed by atoms with Gasteiger partial charge in [-0.3, -0.25) is 0 Å². The van der Waals surface area contributed by atoms with Crippen LogP contribution in [0.1, 0.15) is 45.4 Å². The number of hydrogen-bond acceptors (Lipinski definition) is 0. The van der Waals surface area contributed by atoms with Crippen molar-refractivity contribution in [3.05, 3.63) is 0 Å². The summed E-state index contributed by atoms with van der Waals surface area (Å²) in [6, 6.07) is 3.30. The summed E-state index contributed by atoms with van der Waals surface area (Å²) in [5.74, 6) is 1.14. The van der Waals surface area contributed by atoms with E-state index < -0.39 is 0 Å². The van der Waals surface area contributed by atoms with Crippen molar-refractivity contribution < 1.29 is 0 Å². The highest BCUT2D eigenvalue weighted by atomic mass is 28.2. The second kappa shape index (κ2) is 5.82. The summed E-state index contributed by atoms with van der Waals surface area (Å²) < 4.78 is 0. The number of rotatable bonds is 4. The summed E-state index contributed by atoms with van der Waals surface area (Å²) in [5, 5.41) is 0. The molecule has 0 aromatic rings. The largest absolute Gasteiger partial charge is 0.0654 e. The van der Waals surface area contributed by atoms with Gasteiger partial charge in [0.2, 0.25) is 0 Å². The fourth-order valence-electron chi connectivity index (χ4n) is 2.16. The van der Waals surface area contributed by atoms with Crippen LogP contribution in [0.2, 0.25) is 12.1 Å². The van der Waals surface area contributed by atoms with E-state index in [0.717, 1.165) is 5.92 Å². The lowest BCUT2D eigenvalue weighted by molar-refractivity contribution is 0.420. The van der Waals surface area contributed by atoms with E-state index in [1.54, 1.807) is 31.4 Å². The molecule has 0 N–H and O–H groups in total. The van der Waals surface area contributed by atoms with Crippen LogP contribution < -0.4 is 0 Å². The molecule has 0 saturated carbocycles. The minimum atomic E-state index is 0.448. The van der Waals surface area contributed by atoms with Gasteiger partial charge in [-0.1, -0.05) is 57.5 Å². The summed E-state index contributed by atoms with van der Waals surface area (Å²) in [7, 11) is 0.448. The van der Waals surface area contributed by atoms with E-state index in [0.29, 0.717) is 9.52 Å². The lowest BCUT2D eigenvalue weighted by Crippen LogP contribution is -2.09. The molecule has 0 radical (unpaired) electrons. The molecule has 1 fully saturated rings. The molecule has 0 atom stereocenters. The third-order valence-electron chi connectivity index (χ3n) is 2.94. The average Bonchev–Trinajstić information content (AvgIpc) is 2.07. The Balaban J connectivity index is 1.96. The predicted octanol–water partition coefficient (Wildman–Crippen LogP) is 2.98. The fraction of sp³-hybridized carbons (Fsp3) is 1.00. The molecule has 1 aliphatic rings. The van der Waals surface area contributed by atoms with Crippen LogP contribution in [0.3, 0.4) is 0 Å². The summed E-state index contributed by atoms with van der Waals surface area (Å²) in [5.41, 5.74) is 0. The van der Waals surface area contributed by atoms with Crippen molar-refractivity contribution in [1.82, 2.24) is 0 Å². The zero-order chi connectivity index (χ0) is 7.94. The molecule has 0 bridgehead atoms. The fourth-order valence-corrected chi connectivity index (χ4v) is 4.24. The molecule has 0 spiro atoms. The average molecular weight is 170 g/mol. The molecular weight excluding hydrogens is 148 g/mol. The summed E-state index contributed by atoms with van der Waals surface area (Å²) in [6.45, 7) is 2.30. The Morgan fingerprint density at radius 3 is 2.55 bits per heavy atom. The van der Waals surface area contributed by atoms with E-state index in [-0.39, 0.29) is 0 Å². The van der Waals surface area contributed by atoms with Crippen molar-refractivity contribution >= 4 is 9.52 Å². The monoisotopic (exact) mass is 170 g/mol. The van der Waals surface area contributed by atoms with Crippen molar-refractivity contribution in [3.8, 4) is 0 Å². The van der Waals surface area contributed by atoms with Gasteiger partial charge < -0.3 is 0 Å². The molecule has 1 heteroatoms. The second-order valence-corrected chi connectivity index (χ2v) is 6.12. The third-order valence-corrected chi connectivity index (χ3v) is 4.76. The van der Waals surface area contributed by atoms with Crippen molar-refractivity contribution in [2.75, 3.05) is 0 Å². The van der Waals surface area contributed by atoms with E-state index in [9.17, 15) is 0 Å². The first-order valence-corrected chi connectivity index (χ1v) is 7.43. The van der Waals surface area contributed by atoms with E-state index in [4.69, 9.17) is 0 Å². The van der Waals surface area contributed by atoms with Gasteiger partial charge in [-0.05, 0) is 5.92 Å². The van der Waals surface area contributed by atoms with E-state index in [1.807, 2.05) is 0 Å². The molecule has 1 rings (SSSR count). The van der Waals surface area contributed by atoms with E-state index >= 15 is 0 Å². The second-order valence-electron chi connectivity index (χ2n) is 4.00. The van der Waals surface area contributed by atoms with Crippen molar-refractivity contribution in [2.24, 2.45) is 5.92 Å². The molecule has 1 heterocycles. The Bertz CT molecular complexity index is 84.9.